The van der Waals surface area contributed by atoms with Crippen LogP contribution in [-0.4, -0.2) is 26.1 Å². The van der Waals surface area contributed by atoms with Crippen molar-refractivity contribution in [2.45, 2.75) is 13.8 Å². The Balaban J connectivity index is 2.19. The van der Waals surface area contributed by atoms with E-state index < -0.39 is 0 Å². The predicted octanol–water partition coefficient (Wildman–Crippen LogP) is 3.92. The summed E-state index contributed by atoms with van der Waals surface area (Å²) >= 11 is 3.42. The van der Waals surface area contributed by atoms with Gasteiger partial charge in [-0.1, -0.05) is 0 Å². The number of furan rings is 1. The quantitative estimate of drug-likeness (QED) is 0.584. The maximum Gasteiger partial charge on any atom is 0.196 e. The van der Waals surface area contributed by atoms with Gasteiger partial charge in [0, 0.05) is 12.7 Å². The molecule has 0 spiro atoms. The molecule has 1 heterocycles. The van der Waals surface area contributed by atoms with E-state index in [1.807, 2.05) is 6.92 Å². The molecular formula is C16H17BrO4. The number of hydrogen-bond acceptors (Lipinski definition) is 4. The van der Waals surface area contributed by atoms with E-state index in [0.29, 0.717) is 35.9 Å². The van der Waals surface area contributed by atoms with Crippen molar-refractivity contribution in [2.75, 3.05) is 20.3 Å². The highest BCUT2D eigenvalue weighted by molar-refractivity contribution is 9.10. The summed E-state index contributed by atoms with van der Waals surface area (Å²) in [6.07, 6.45) is 0. The van der Waals surface area contributed by atoms with Gasteiger partial charge in [0.05, 0.1) is 16.6 Å². The molecule has 0 saturated carbocycles. The minimum Gasteiger partial charge on any atom is -0.490 e. The highest BCUT2D eigenvalue weighted by atomic mass is 79.9. The van der Waals surface area contributed by atoms with Crippen molar-refractivity contribution in [3.8, 4) is 5.75 Å². The first-order valence-electron chi connectivity index (χ1n) is 6.56. The van der Waals surface area contributed by atoms with Gasteiger partial charge in [0.15, 0.2) is 5.78 Å². The van der Waals surface area contributed by atoms with E-state index in [9.17, 15) is 4.79 Å². The molecule has 0 unspecified atom stereocenters. The SMILES string of the molecule is COCCOc1ccc(C(=O)c2cc(C)oc2C)cc1Br. The fraction of sp³-hybridized carbons (Fsp3) is 0.312. The highest BCUT2D eigenvalue weighted by Crippen LogP contribution is 2.28. The first kappa shape index (κ1) is 15.8. The van der Waals surface area contributed by atoms with Gasteiger partial charge < -0.3 is 13.9 Å². The Hall–Kier alpha value is -1.59. The van der Waals surface area contributed by atoms with Gasteiger partial charge in [0.25, 0.3) is 0 Å². The van der Waals surface area contributed by atoms with Crippen LogP contribution in [0.15, 0.2) is 33.2 Å². The third kappa shape index (κ3) is 3.74. The molecule has 0 aliphatic heterocycles. The van der Waals surface area contributed by atoms with E-state index in [0.717, 1.165) is 10.2 Å². The molecule has 2 rings (SSSR count). The predicted molar refractivity (Wildman–Crippen MR) is 83.1 cm³/mol. The van der Waals surface area contributed by atoms with Gasteiger partial charge in [0.2, 0.25) is 0 Å². The molecule has 0 saturated heterocycles. The summed E-state index contributed by atoms with van der Waals surface area (Å²) in [5, 5.41) is 0. The van der Waals surface area contributed by atoms with Crippen LogP contribution in [0.5, 0.6) is 5.75 Å². The number of rotatable bonds is 6. The van der Waals surface area contributed by atoms with Crippen molar-refractivity contribution < 1.29 is 18.7 Å². The maximum atomic E-state index is 12.5. The summed E-state index contributed by atoms with van der Waals surface area (Å²) in [5.74, 6) is 1.99. The maximum absolute atomic E-state index is 12.5. The van der Waals surface area contributed by atoms with Crippen LogP contribution in [0.3, 0.4) is 0 Å². The number of ketones is 1. The van der Waals surface area contributed by atoms with Crippen LogP contribution in [0, 0.1) is 13.8 Å². The molecule has 0 amide bonds. The lowest BCUT2D eigenvalue weighted by molar-refractivity contribution is 0.103. The summed E-state index contributed by atoms with van der Waals surface area (Å²) in [5.41, 5.74) is 1.18. The Bertz CT molecular complexity index is 646. The minimum absolute atomic E-state index is 0.0616. The lowest BCUT2D eigenvalue weighted by atomic mass is 10.0. The summed E-state index contributed by atoms with van der Waals surface area (Å²) in [6.45, 7) is 4.59. The molecule has 4 nitrogen and oxygen atoms in total. The van der Waals surface area contributed by atoms with Crippen molar-refractivity contribution in [3.63, 3.8) is 0 Å². The van der Waals surface area contributed by atoms with Crippen LogP contribution >= 0.6 is 15.9 Å². The molecule has 21 heavy (non-hydrogen) atoms. The van der Waals surface area contributed by atoms with Crippen LogP contribution < -0.4 is 4.74 Å². The zero-order chi connectivity index (χ0) is 15.4. The normalized spacial score (nSPS) is 10.7. The number of halogens is 1. The molecule has 0 radical (unpaired) electrons. The number of benzene rings is 1. The fourth-order valence-corrected chi connectivity index (χ4v) is 2.50. The average molecular weight is 353 g/mol. The third-order valence-electron chi connectivity index (χ3n) is 3.02. The first-order valence-corrected chi connectivity index (χ1v) is 7.35. The molecule has 2 aromatic rings. The van der Waals surface area contributed by atoms with Gasteiger partial charge in [0.1, 0.15) is 23.9 Å². The molecule has 112 valence electrons. The van der Waals surface area contributed by atoms with E-state index in [1.165, 1.54) is 0 Å². The van der Waals surface area contributed by atoms with Crippen LogP contribution in [0.25, 0.3) is 0 Å². The number of carbonyl (C=O) groups is 1. The summed E-state index contributed by atoms with van der Waals surface area (Å²) in [6, 6.07) is 7.03. The van der Waals surface area contributed by atoms with Crippen LogP contribution in [0.4, 0.5) is 0 Å². The molecule has 0 bridgehead atoms. The van der Waals surface area contributed by atoms with Crippen LogP contribution in [0.2, 0.25) is 0 Å². The molecule has 0 atom stereocenters. The molecule has 1 aromatic heterocycles. The van der Waals surface area contributed by atoms with Gasteiger partial charge >= 0.3 is 0 Å². The number of carbonyl (C=O) groups excluding carboxylic acids is 1. The second-order valence-corrected chi connectivity index (χ2v) is 5.50. The molecule has 1 aromatic carbocycles. The lowest BCUT2D eigenvalue weighted by Gasteiger charge is -2.09. The van der Waals surface area contributed by atoms with E-state index >= 15 is 0 Å². The minimum atomic E-state index is -0.0616. The Kier molecular flexibility index (Phi) is 5.20. The van der Waals surface area contributed by atoms with Gasteiger partial charge in [-0.25, -0.2) is 0 Å². The Labute approximate surface area is 132 Å². The molecule has 0 aliphatic rings. The lowest BCUT2D eigenvalue weighted by Crippen LogP contribution is -2.06. The highest BCUT2D eigenvalue weighted by Gasteiger charge is 2.16. The zero-order valence-electron chi connectivity index (χ0n) is 12.2. The van der Waals surface area contributed by atoms with E-state index in [-0.39, 0.29) is 5.78 Å². The Morgan fingerprint density at radius 2 is 2.00 bits per heavy atom. The Morgan fingerprint density at radius 3 is 2.57 bits per heavy atom. The third-order valence-corrected chi connectivity index (χ3v) is 3.64. The molecule has 0 N–H and O–H groups in total. The topological polar surface area (TPSA) is 48.7 Å². The van der Waals surface area contributed by atoms with Crippen LogP contribution in [0.1, 0.15) is 27.4 Å². The molecule has 5 heteroatoms. The van der Waals surface area contributed by atoms with Crippen molar-refractivity contribution >= 4 is 21.7 Å². The van der Waals surface area contributed by atoms with Gasteiger partial charge in [-0.15, -0.1) is 0 Å². The Morgan fingerprint density at radius 1 is 1.24 bits per heavy atom. The molecule has 0 fully saturated rings. The number of ether oxygens (including phenoxy) is 2. The summed E-state index contributed by atoms with van der Waals surface area (Å²) < 4.78 is 16.6. The summed E-state index contributed by atoms with van der Waals surface area (Å²) in [4.78, 5) is 12.5. The van der Waals surface area contributed by atoms with Crippen LogP contribution in [-0.2, 0) is 4.74 Å². The van der Waals surface area contributed by atoms with Gasteiger partial charge in [-0.2, -0.15) is 0 Å². The smallest absolute Gasteiger partial charge is 0.196 e. The first-order chi connectivity index (χ1) is 10.0. The molecular weight excluding hydrogens is 336 g/mol. The van der Waals surface area contributed by atoms with Gasteiger partial charge in [-0.05, 0) is 54.0 Å². The van der Waals surface area contributed by atoms with Crippen molar-refractivity contribution in [3.05, 3.63) is 51.4 Å². The fourth-order valence-electron chi connectivity index (χ4n) is 2.01. The van der Waals surface area contributed by atoms with E-state index in [1.54, 1.807) is 38.3 Å². The van der Waals surface area contributed by atoms with E-state index in [2.05, 4.69) is 15.9 Å². The number of hydrogen-bond donors (Lipinski definition) is 0. The van der Waals surface area contributed by atoms with Crippen molar-refractivity contribution in [1.82, 2.24) is 0 Å². The van der Waals surface area contributed by atoms with E-state index in [4.69, 9.17) is 13.9 Å². The van der Waals surface area contributed by atoms with Crippen molar-refractivity contribution in [1.29, 1.82) is 0 Å². The van der Waals surface area contributed by atoms with Crippen molar-refractivity contribution in [2.24, 2.45) is 0 Å². The number of aryl methyl sites for hydroxylation is 2. The zero-order valence-corrected chi connectivity index (χ0v) is 13.8. The second-order valence-electron chi connectivity index (χ2n) is 4.64. The second kappa shape index (κ2) is 6.91. The standard InChI is InChI=1S/C16H17BrO4/c1-10-8-13(11(2)21-10)16(18)12-4-5-15(14(17)9-12)20-7-6-19-3/h4-5,8-9H,6-7H2,1-3H3. The molecule has 0 aliphatic carbocycles. The number of methoxy groups -OCH3 is 1. The summed E-state index contributed by atoms with van der Waals surface area (Å²) in [7, 11) is 1.62. The largest absolute Gasteiger partial charge is 0.490 e. The average Bonchev–Trinajstić information content (AvgIpc) is 2.79. The van der Waals surface area contributed by atoms with Gasteiger partial charge in [-0.3, -0.25) is 4.79 Å². The monoisotopic (exact) mass is 352 g/mol.